The average Bonchev–Trinajstić information content (AvgIpc) is 3.03. The summed E-state index contributed by atoms with van der Waals surface area (Å²) in [7, 11) is 0. The van der Waals surface area contributed by atoms with Gasteiger partial charge in [-0.15, -0.1) is 0 Å². The van der Waals surface area contributed by atoms with E-state index in [0.717, 1.165) is 4.47 Å². The molecular formula is C21H20BrClN4O3. The number of anilines is 1. The average molecular weight is 492 g/mol. The number of rotatable bonds is 5. The largest absolute Gasteiger partial charge is 0.348 e. The van der Waals surface area contributed by atoms with Crippen LogP contribution in [0.5, 0.6) is 0 Å². The lowest BCUT2D eigenvalue weighted by molar-refractivity contribution is -0.136. The maximum Gasteiger partial charge on any atom is 0.328 e. The smallest absolute Gasteiger partial charge is 0.328 e. The Labute approximate surface area is 186 Å². The molecule has 0 fully saturated rings. The van der Waals surface area contributed by atoms with Crippen LogP contribution >= 0.6 is 27.5 Å². The van der Waals surface area contributed by atoms with Crippen molar-refractivity contribution in [3.8, 4) is 0 Å². The van der Waals surface area contributed by atoms with Gasteiger partial charge in [-0.25, -0.2) is 4.68 Å². The fraction of sp³-hybridized carbons (Fsp3) is 0.190. The molecule has 3 N–H and O–H groups in total. The molecule has 2 aromatic carbocycles. The molecule has 0 saturated heterocycles. The van der Waals surface area contributed by atoms with Crippen molar-refractivity contribution in [2.24, 2.45) is 5.92 Å². The van der Waals surface area contributed by atoms with Crippen LogP contribution in [-0.4, -0.2) is 28.9 Å². The summed E-state index contributed by atoms with van der Waals surface area (Å²) in [5.41, 5.74) is 3.75. The summed E-state index contributed by atoms with van der Waals surface area (Å²) >= 11 is 9.38. The number of halogens is 2. The lowest BCUT2D eigenvalue weighted by Gasteiger charge is -2.13. The molecule has 0 unspecified atom stereocenters. The van der Waals surface area contributed by atoms with Crippen LogP contribution in [0.2, 0.25) is 5.02 Å². The van der Waals surface area contributed by atoms with Crippen molar-refractivity contribution in [3.05, 3.63) is 63.7 Å². The van der Waals surface area contributed by atoms with Crippen LogP contribution in [0.3, 0.4) is 0 Å². The van der Waals surface area contributed by atoms with Crippen LogP contribution < -0.4 is 16.1 Å². The highest BCUT2D eigenvalue weighted by molar-refractivity contribution is 9.10. The monoisotopic (exact) mass is 490 g/mol. The van der Waals surface area contributed by atoms with E-state index in [1.54, 1.807) is 42.5 Å². The molecule has 30 heavy (non-hydrogen) atoms. The van der Waals surface area contributed by atoms with Gasteiger partial charge < -0.3 is 10.6 Å². The third-order valence-electron chi connectivity index (χ3n) is 4.17. The van der Waals surface area contributed by atoms with E-state index in [9.17, 15) is 14.4 Å². The van der Waals surface area contributed by atoms with E-state index in [-0.39, 0.29) is 11.6 Å². The van der Waals surface area contributed by atoms with Crippen molar-refractivity contribution in [3.63, 3.8) is 0 Å². The summed E-state index contributed by atoms with van der Waals surface area (Å²) in [6.07, 6.45) is 0. The number of carbonyl (C=O) groups excluding carboxylic acids is 3. The molecule has 7 nitrogen and oxygen atoms in total. The summed E-state index contributed by atoms with van der Waals surface area (Å²) in [6.45, 7) is 4.22. The maximum atomic E-state index is 12.9. The van der Waals surface area contributed by atoms with Crippen molar-refractivity contribution in [1.29, 1.82) is 0 Å². The first-order valence-corrected chi connectivity index (χ1v) is 10.4. The quantitative estimate of drug-likeness (QED) is 0.468. The lowest BCUT2D eigenvalue weighted by atomic mass is 10.2. The number of hydrogen-bond donors (Lipinski definition) is 3. The van der Waals surface area contributed by atoms with Gasteiger partial charge in [-0.3, -0.25) is 19.8 Å². The number of carbonyl (C=O) groups is 3. The number of nitrogens with zero attached hydrogens (tertiary/aromatic N) is 1. The fourth-order valence-electron chi connectivity index (χ4n) is 2.76. The summed E-state index contributed by atoms with van der Waals surface area (Å²) < 4.78 is 2.12. The fourth-order valence-corrected chi connectivity index (χ4v) is 3.33. The van der Waals surface area contributed by atoms with Crippen LogP contribution in [0.4, 0.5) is 5.69 Å². The standard InChI is InChI=1S/C21H20BrClN4O3/c1-12(2)11-24-20(29)21(30)26-27-17-7-6-14(22)8-13(17)9-18(27)19(28)25-16-5-3-4-15(23)10-16/h3-10,12H,11H2,1-2H3,(H,24,29)(H,25,28)(H,26,30). The normalized spacial score (nSPS) is 10.8. The summed E-state index contributed by atoms with van der Waals surface area (Å²) in [4.78, 5) is 37.5. The van der Waals surface area contributed by atoms with E-state index >= 15 is 0 Å². The first-order valence-electron chi connectivity index (χ1n) is 9.21. The van der Waals surface area contributed by atoms with Crippen molar-refractivity contribution in [1.82, 2.24) is 9.99 Å². The Morgan fingerprint density at radius 2 is 1.83 bits per heavy atom. The van der Waals surface area contributed by atoms with Crippen molar-refractivity contribution in [2.75, 3.05) is 17.3 Å². The topological polar surface area (TPSA) is 92.2 Å². The van der Waals surface area contributed by atoms with E-state index in [2.05, 4.69) is 32.0 Å². The molecule has 1 heterocycles. The zero-order valence-corrected chi connectivity index (χ0v) is 18.7. The minimum atomic E-state index is -0.868. The molecule has 3 amide bonds. The molecule has 0 bridgehead atoms. The van der Waals surface area contributed by atoms with Gasteiger partial charge in [0, 0.05) is 27.1 Å². The second-order valence-electron chi connectivity index (χ2n) is 7.08. The van der Waals surface area contributed by atoms with Crippen molar-refractivity contribution in [2.45, 2.75) is 13.8 Å². The Balaban J connectivity index is 1.92. The van der Waals surface area contributed by atoms with Gasteiger partial charge in [0.1, 0.15) is 5.69 Å². The Bertz CT molecular complexity index is 1130. The Morgan fingerprint density at radius 3 is 2.53 bits per heavy atom. The Hall–Kier alpha value is -2.84. The van der Waals surface area contributed by atoms with Crippen LogP contribution in [0.1, 0.15) is 24.3 Å². The van der Waals surface area contributed by atoms with Gasteiger partial charge in [0.25, 0.3) is 5.91 Å². The van der Waals surface area contributed by atoms with Crippen LogP contribution in [0.25, 0.3) is 10.9 Å². The minimum Gasteiger partial charge on any atom is -0.348 e. The first-order chi connectivity index (χ1) is 14.2. The zero-order valence-electron chi connectivity index (χ0n) is 16.3. The second-order valence-corrected chi connectivity index (χ2v) is 8.43. The molecule has 1 aromatic heterocycles. The highest BCUT2D eigenvalue weighted by Crippen LogP contribution is 2.24. The summed E-state index contributed by atoms with van der Waals surface area (Å²) in [5, 5.41) is 6.50. The molecule has 3 rings (SSSR count). The third kappa shape index (κ3) is 5.20. The highest BCUT2D eigenvalue weighted by Gasteiger charge is 2.21. The first kappa shape index (κ1) is 21.9. The molecule has 0 aliphatic carbocycles. The van der Waals surface area contributed by atoms with Crippen LogP contribution in [0.15, 0.2) is 53.0 Å². The Morgan fingerprint density at radius 1 is 1.07 bits per heavy atom. The zero-order chi connectivity index (χ0) is 21.8. The van der Waals surface area contributed by atoms with Crippen LogP contribution in [-0.2, 0) is 9.59 Å². The van der Waals surface area contributed by atoms with E-state index in [0.29, 0.717) is 28.2 Å². The van der Waals surface area contributed by atoms with Gasteiger partial charge >= 0.3 is 11.8 Å². The number of nitrogens with one attached hydrogen (secondary N) is 3. The molecule has 0 radical (unpaired) electrons. The molecule has 0 spiro atoms. The molecule has 156 valence electrons. The van der Waals surface area contributed by atoms with Gasteiger partial charge in [-0.2, -0.15) is 0 Å². The number of benzene rings is 2. The molecule has 0 aliphatic rings. The lowest BCUT2D eigenvalue weighted by Crippen LogP contribution is -2.41. The van der Waals surface area contributed by atoms with Gasteiger partial charge in [-0.1, -0.05) is 47.4 Å². The van der Waals surface area contributed by atoms with E-state index in [4.69, 9.17) is 11.6 Å². The van der Waals surface area contributed by atoms with E-state index < -0.39 is 17.7 Å². The van der Waals surface area contributed by atoms with Gasteiger partial charge in [0.05, 0.1) is 5.52 Å². The van der Waals surface area contributed by atoms with E-state index in [1.165, 1.54) is 4.68 Å². The SMILES string of the molecule is CC(C)CNC(=O)C(=O)Nn1c(C(=O)Nc2cccc(Cl)c2)cc2cc(Br)ccc21. The molecule has 0 atom stereocenters. The number of amides is 3. The third-order valence-corrected chi connectivity index (χ3v) is 4.90. The maximum absolute atomic E-state index is 12.9. The van der Waals surface area contributed by atoms with Crippen molar-refractivity contribution < 1.29 is 14.4 Å². The van der Waals surface area contributed by atoms with Crippen LogP contribution in [0, 0.1) is 5.92 Å². The Kier molecular flexibility index (Phi) is 6.79. The van der Waals surface area contributed by atoms with Gasteiger partial charge in [0.2, 0.25) is 0 Å². The van der Waals surface area contributed by atoms with Crippen molar-refractivity contribution >= 4 is 61.8 Å². The molecule has 0 saturated carbocycles. The van der Waals surface area contributed by atoms with Gasteiger partial charge in [0.15, 0.2) is 0 Å². The number of fused-ring (bicyclic) bond motifs is 1. The molecular weight excluding hydrogens is 472 g/mol. The van der Waals surface area contributed by atoms with Gasteiger partial charge in [-0.05, 0) is 48.4 Å². The second kappa shape index (κ2) is 9.32. The molecule has 9 heteroatoms. The minimum absolute atomic E-state index is 0.160. The van der Waals surface area contributed by atoms with E-state index in [1.807, 2.05) is 19.9 Å². The summed E-state index contributed by atoms with van der Waals surface area (Å²) in [5.74, 6) is -1.91. The molecule has 0 aliphatic heterocycles. The number of hydrogen-bond acceptors (Lipinski definition) is 3. The predicted octanol–water partition coefficient (Wildman–Crippen LogP) is 4.15. The number of aromatic nitrogens is 1. The molecule has 3 aromatic rings. The summed E-state index contributed by atoms with van der Waals surface area (Å²) in [6, 6.07) is 13.7. The highest BCUT2D eigenvalue weighted by atomic mass is 79.9. The predicted molar refractivity (Wildman–Crippen MR) is 121 cm³/mol.